The van der Waals surface area contributed by atoms with Crippen molar-refractivity contribution in [3.63, 3.8) is 0 Å². The molecule has 0 aliphatic carbocycles. The van der Waals surface area contributed by atoms with Crippen LogP contribution in [0.1, 0.15) is 69.3 Å². The molecule has 7 heteroatoms. The predicted molar refractivity (Wildman–Crippen MR) is 132 cm³/mol. The molecular weight excluding hydrogens is 453 g/mol. The van der Waals surface area contributed by atoms with Gasteiger partial charge in [-0.3, -0.25) is 4.90 Å². The topological polar surface area (TPSA) is 45.3 Å². The number of nitrogens with one attached hydrogen (secondary N) is 1. The maximum absolute atomic E-state index is 15.6. The van der Waals surface area contributed by atoms with Gasteiger partial charge in [0.1, 0.15) is 29.3 Å². The molecule has 4 rings (SSSR count). The first-order chi connectivity index (χ1) is 16.7. The highest BCUT2D eigenvalue weighted by Gasteiger charge is 2.41. The minimum absolute atomic E-state index is 0.0333. The Bertz CT molecular complexity index is 1160. The number of carbonyl (C=O) groups is 1. The molecule has 1 aliphatic heterocycles. The number of rotatable bonds is 10. The molecule has 188 valence electrons. The van der Waals surface area contributed by atoms with Gasteiger partial charge in [-0.05, 0) is 58.1 Å². The maximum atomic E-state index is 15.6. The lowest BCUT2D eigenvalue weighted by molar-refractivity contribution is -0.107. The number of carbonyl (C=O) groups excluding carboxylic acids is 1. The van der Waals surface area contributed by atoms with Crippen LogP contribution in [-0.2, 0) is 11.2 Å². The van der Waals surface area contributed by atoms with Gasteiger partial charge in [-0.1, -0.05) is 18.2 Å². The number of H-pyrrole nitrogens is 1. The van der Waals surface area contributed by atoms with Crippen LogP contribution < -0.4 is 4.74 Å². The SMILES string of the molecule is C[C@@H]1Cc2c([nH]c3ccccc23)[C@@H](c2c(F)cc(OCCCCCC=O)cc2F)N1CC(C)(C)F. The van der Waals surface area contributed by atoms with Crippen LogP contribution in [-0.4, -0.2) is 41.0 Å². The Kier molecular flexibility index (Phi) is 7.55. The van der Waals surface area contributed by atoms with Gasteiger partial charge in [0.25, 0.3) is 0 Å². The minimum atomic E-state index is -1.55. The summed E-state index contributed by atoms with van der Waals surface area (Å²) in [5.74, 6) is -1.31. The molecule has 1 aliphatic rings. The van der Waals surface area contributed by atoms with E-state index in [2.05, 4.69) is 4.98 Å². The van der Waals surface area contributed by atoms with E-state index < -0.39 is 23.3 Å². The number of ether oxygens (including phenoxy) is 1. The number of unbranched alkanes of at least 4 members (excludes halogenated alkanes) is 3. The standard InChI is InChI=1S/C28H33F3N2O2/c1-18-14-21-20-10-6-7-11-24(20)32-26(21)27(33(18)17-28(2,3)31)25-22(29)15-19(16-23(25)30)35-13-9-5-4-8-12-34/h6-7,10-12,15-16,18,27,32H,4-5,8-9,13-14,17H2,1-3H3/t18-,27-/m1/s1. The lowest BCUT2D eigenvalue weighted by Crippen LogP contribution is -2.48. The number of aromatic nitrogens is 1. The number of aldehydes is 1. The highest BCUT2D eigenvalue weighted by molar-refractivity contribution is 5.85. The van der Waals surface area contributed by atoms with E-state index in [0.29, 0.717) is 31.6 Å². The van der Waals surface area contributed by atoms with E-state index in [0.717, 1.165) is 35.6 Å². The molecule has 0 bridgehead atoms. The Morgan fingerprint density at radius 3 is 2.54 bits per heavy atom. The van der Waals surface area contributed by atoms with Crippen LogP contribution in [0.5, 0.6) is 5.75 Å². The number of alkyl halides is 1. The predicted octanol–water partition coefficient (Wildman–Crippen LogP) is 6.67. The summed E-state index contributed by atoms with van der Waals surface area (Å²) >= 11 is 0. The number of hydrogen-bond acceptors (Lipinski definition) is 3. The summed E-state index contributed by atoms with van der Waals surface area (Å²) in [5, 5.41) is 1.02. The van der Waals surface area contributed by atoms with Gasteiger partial charge in [0, 0.05) is 53.3 Å². The number of benzene rings is 2. The summed E-state index contributed by atoms with van der Waals surface area (Å²) in [5.41, 5.74) is 0.963. The molecule has 0 unspecified atom stereocenters. The summed E-state index contributed by atoms with van der Waals surface area (Å²) < 4.78 is 51.6. The van der Waals surface area contributed by atoms with E-state index in [1.54, 1.807) is 0 Å². The van der Waals surface area contributed by atoms with E-state index in [1.165, 1.54) is 26.0 Å². The average molecular weight is 487 g/mol. The number of aromatic amines is 1. The molecule has 3 aromatic rings. The zero-order valence-electron chi connectivity index (χ0n) is 20.5. The van der Waals surface area contributed by atoms with E-state index in [4.69, 9.17) is 4.74 Å². The van der Waals surface area contributed by atoms with Crippen LogP contribution in [0.15, 0.2) is 36.4 Å². The first kappa shape index (κ1) is 25.3. The van der Waals surface area contributed by atoms with Gasteiger partial charge in [-0.25, -0.2) is 13.2 Å². The number of hydrogen-bond donors (Lipinski definition) is 1. The van der Waals surface area contributed by atoms with Crippen molar-refractivity contribution in [2.24, 2.45) is 0 Å². The first-order valence-corrected chi connectivity index (χ1v) is 12.3. The molecule has 4 nitrogen and oxygen atoms in total. The smallest absolute Gasteiger partial charge is 0.135 e. The second kappa shape index (κ2) is 10.4. The summed E-state index contributed by atoms with van der Waals surface area (Å²) in [7, 11) is 0. The minimum Gasteiger partial charge on any atom is -0.493 e. The number of nitrogens with zero attached hydrogens (tertiary/aromatic N) is 1. The molecule has 0 saturated heterocycles. The van der Waals surface area contributed by atoms with Gasteiger partial charge < -0.3 is 14.5 Å². The van der Waals surface area contributed by atoms with E-state index >= 15 is 8.78 Å². The molecule has 2 atom stereocenters. The van der Waals surface area contributed by atoms with Crippen LogP contribution in [0.2, 0.25) is 0 Å². The average Bonchev–Trinajstić information content (AvgIpc) is 3.15. The van der Waals surface area contributed by atoms with Crippen molar-refractivity contribution in [2.75, 3.05) is 13.2 Å². The van der Waals surface area contributed by atoms with E-state index in [9.17, 15) is 9.18 Å². The fourth-order valence-electron chi connectivity index (χ4n) is 5.10. The fourth-order valence-corrected chi connectivity index (χ4v) is 5.10. The summed E-state index contributed by atoms with van der Waals surface area (Å²) in [6.07, 6.45) is 4.29. The maximum Gasteiger partial charge on any atom is 0.135 e. The zero-order valence-corrected chi connectivity index (χ0v) is 20.5. The highest BCUT2D eigenvalue weighted by Crippen LogP contribution is 2.43. The Labute approximate surface area is 204 Å². The molecule has 0 fully saturated rings. The quantitative estimate of drug-likeness (QED) is 0.257. The molecule has 0 spiro atoms. The van der Waals surface area contributed by atoms with E-state index in [1.807, 2.05) is 36.1 Å². The molecule has 2 aromatic carbocycles. The van der Waals surface area contributed by atoms with Crippen LogP contribution in [0.3, 0.4) is 0 Å². The molecule has 35 heavy (non-hydrogen) atoms. The van der Waals surface area contributed by atoms with Crippen LogP contribution >= 0.6 is 0 Å². The van der Waals surface area contributed by atoms with E-state index in [-0.39, 0.29) is 23.9 Å². The van der Waals surface area contributed by atoms with Gasteiger partial charge in [0.15, 0.2) is 0 Å². The molecule has 1 aromatic heterocycles. The molecular formula is C28H33F3N2O2. The van der Waals surface area contributed by atoms with Crippen LogP contribution in [0.25, 0.3) is 10.9 Å². The third-order valence-corrected chi connectivity index (χ3v) is 6.64. The van der Waals surface area contributed by atoms with Crippen LogP contribution in [0.4, 0.5) is 13.2 Å². The molecule has 2 heterocycles. The Morgan fingerprint density at radius 1 is 1.14 bits per heavy atom. The summed E-state index contributed by atoms with van der Waals surface area (Å²) in [6.45, 7) is 5.28. The summed E-state index contributed by atoms with van der Waals surface area (Å²) in [6, 6.07) is 9.31. The Hall–Kier alpha value is -2.80. The molecule has 0 radical (unpaired) electrons. The second-order valence-corrected chi connectivity index (χ2v) is 10.1. The van der Waals surface area contributed by atoms with Crippen molar-refractivity contribution in [1.82, 2.24) is 9.88 Å². The second-order valence-electron chi connectivity index (χ2n) is 10.1. The lowest BCUT2D eigenvalue weighted by atomic mass is 9.87. The van der Waals surface area contributed by atoms with Crippen molar-refractivity contribution in [2.45, 2.75) is 70.6 Å². The zero-order chi connectivity index (χ0) is 25.2. The van der Waals surface area contributed by atoms with Crippen LogP contribution in [0, 0.1) is 11.6 Å². The summed E-state index contributed by atoms with van der Waals surface area (Å²) in [4.78, 5) is 15.6. The van der Waals surface area contributed by atoms with Crippen molar-refractivity contribution >= 4 is 17.2 Å². The van der Waals surface area contributed by atoms with Gasteiger partial charge in [-0.15, -0.1) is 0 Å². The largest absolute Gasteiger partial charge is 0.493 e. The van der Waals surface area contributed by atoms with Gasteiger partial charge in [0.05, 0.1) is 12.6 Å². The number of para-hydroxylation sites is 1. The van der Waals surface area contributed by atoms with Crippen molar-refractivity contribution in [3.05, 3.63) is 64.9 Å². The fraction of sp³-hybridized carbons (Fsp3) is 0.464. The molecule has 0 amide bonds. The number of halogens is 3. The van der Waals surface area contributed by atoms with Gasteiger partial charge in [0.2, 0.25) is 0 Å². The first-order valence-electron chi connectivity index (χ1n) is 12.3. The van der Waals surface area contributed by atoms with Crippen molar-refractivity contribution in [3.8, 4) is 5.75 Å². The highest BCUT2D eigenvalue weighted by atomic mass is 19.1. The van der Waals surface area contributed by atoms with Gasteiger partial charge >= 0.3 is 0 Å². The van der Waals surface area contributed by atoms with Crippen molar-refractivity contribution < 1.29 is 22.7 Å². The van der Waals surface area contributed by atoms with Gasteiger partial charge in [-0.2, -0.15) is 0 Å². The molecule has 1 N–H and O–H groups in total. The third-order valence-electron chi connectivity index (χ3n) is 6.64. The molecule has 0 saturated carbocycles. The normalized spacial score (nSPS) is 18.6. The Morgan fingerprint density at radius 2 is 1.86 bits per heavy atom. The monoisotopic (exact) mass is 486 g/mol. The lowest BCUT2D eigenvalue weighted by Gasteiger charge is -2.43. The number of fused-ring (bicyclic) bond motifs is 3. The Balaban J connectivity index is 1.70. The van der Waals surface area contributed by atoms with Crippen molar-refractivity contribution in [1.29, 1.82) is 0 Å². The third kappa shape index (κ3) is 5.56.